The maximum atomic E-state index is 8.86. The summed E-state index contributed by atoms with van der Waals surface area (Å²) in [6.45, 7) is 3.93. The van der Waals surface area contributed by atoms with E-state index in [2.05, 4.69) is 37.3 Å². The van der Waals surface area contributed by atoms with E-state index in [-0.39, 0.29) is 0 Å². The lowest BCUT2D eigenvalue weighted by Gasteiger charge is -2.28. The second kappa shape index (κ2) is 9.43. The normalized spacial score (nSPS) is 21.8. The molecule has 1 aliphatic carbocycles. The lowest BCUT2D eigenvalue weighted by Crippen LogP contribution is -2.18. The van der Waals surface area contributed by atoms with Crippen LogP contribution in [0.2, 0.25) is 0 Å². The highest BCUT2D eigenvalue weighted by Gasteiger charge is 2.22. The molecule has 0 spiro atoms. The third kappa shape index (κ3) is 5.31. The number of benzene rings is 1. The van der Waals surface area contributed by atoms with Crippen molar-refractivity contribution in [1.29, 1.82) is 5.26 Å². The third-order valence-corrected chi connectivity index (χ3v) is 4.54. The van der Waals surface area contributed by atoms with E-state index in [1.165, 1.54) is 31.2 Å². The molecule has 0 aliphatic heterocycles. The van der Waals surface area contributed by atoms with Gasteiger partial charge in [-0.25, -0.2) is 0 Å². The zero-order valence-corrected chi connectivity index (χ0v) is 13.6. The summed E-state index contributed by atoms with van der Waals surface area (Å²) in [5.41, 5.74) is 2.14. The summed E-state index contributed by atoms with van der Waals surface area (Å²) >= 11 is 0. The van der Waals surface area contributed by atoms with E-state index in [0.29, 0.717) is 5.92 Å². The van der Waals surface area contributed by atoms with Crippen molar-refractivity contribution in [2.45, 2.75) is 51.4 Å². The van der Waals surface area contributed by atoms with Crippen molar-refractivity contribution >= 4 is 0 Å². The molecular weight excluding hydrogens is 270 g/mol. The number of hydrogen-bond donors (Lipinski definition) is 0. The van der Waals surface area contributed by atoms with Crippen LogP contribution in [0.25, 0.3) is 0 Å². The van der Waals surface area contributed by atoms with Gasteiger partial charge >= 0.3 is 0 Å². The minimum absolute atomic E-state index is 0.663. The maximum Gasteiger partial charge on any atom is 0.0991 e. The first-order valence-corrected chi connectivity index (χ1v) is 8.56. The molecule has 0 aromatic heterocycles. The van der Waals surface area contributed by atoms with Crippen molar-refractivity contribution < 1.29 is 4.74 Å². The summed E-state index contributed by atoms with van der Waals surface area (Å²) in [7, 11) is 0. The number of rotatable bonds is 7. The second-order valence-electron chi connectivity index (χ2n) is 6.19. The summed E-state index contributed by atoms with van der Waals surface area (Å²) in [5, 5.41) is 8.86. The van der Waals surface area contributed by atoms with Gasteiger partial charge in [-0.05, 0) is 68.1 Å². The van der Waals surface area contributed by atoms with Crippen LogP contribution in [0.5, 0.6) is 0 Å². The first-order valence-electron chi connectivity index (χ1n) is 8.56. The van der Waals surface area contributed by atoms with Crippen molar-refractivity contribution in [2.24, 2.45) is 5.92 Å². The topological polar surface area (TPSA) is 33.0 Å². The Morgan fingerprint density at radius 1 is 1.14 bits per heavy atom. The van der Waals surface area contributed by atoms with Crippen molar-refractivity contribution in [3.63, 3.8) is 0 Å². The van der Waals surface area contributed by atoms with Crippen LogP contribution in [0, 0.1) is 17.2 Å². The number of hydrogen-bond acceptors (Lipinski definition) is 2. The SMILES string of the molecule is CC/C=C/CCOCC1CCC(c2ccc(C#N)cc2)CC1. The van der Waals surface area contributed by atoms with Crippen LogP contribution < -0.4 is 0 Å². The Kier molecular flexibility index (Phi) is 7.19. The maximum absolute atomic E-state index is 8.86. The van der Waals surface area contributed by atoms with Gasteiger partial charge in [0.05, 0.1) is 18.2 Å². The van der Waals surface area contributed by atoms with Gasteiger partial charge in [0, 0.05) is 6.61 Å². The largest absolute Gasteiger partial charge is 0.381 e. The highest BCUT2D eigenvalue weighted by Crippen LogP contribution is 2.35. The fourth-order valence-corrected chi connectivity index (χ4v) is 3.18. The molecule has 22 heavy (non-hydrogen) atoms. The molecule has 0 amide bonds. The zero-order chi connectivity index (χ0) is 15.6. The molecule has 0 heterocycles. The zero-order valence-electron chi connectivity index (χ0n) is 13.6. The predicted octanol–water partition coefficient (Wildman–Crippen LogP) is 5.20. The minimum atomic E-state index is 0.663. The van der Waals surface area contributed by atoms with Gasteiger partial charge < -0.3 is 4.74 Å². The van der Waals surface area contributed by atoms with E-state index in [9.17, 15) is 0 Å². The molecule has 0 N–H and O–H groups in total. The molecule has 0 unspecified atom stereocenters. The van der Waals surface area contributed by atoms with Gasteiger partial charge in [0.25, 0.3) is 0 Å². The Labute approximate surface area is 134 Å². The van der Waals surface area contributed by atoms with Crippen LogP contribution in [0.1, 0.15) is 62.5 Å². The molecule has 0 bridgehead atoms. The van der Waals surface area contributed by atoms with Crippen molar-refractivity contribution in [1.82, 2.24) is 0 Å². The molecule has 1 saturated carbocycles. The summed E-state index contributed by atoms with van der Waals surface area (Å²) < 4.78 is 5.80. The average Bonchev–Trinajstić information content (AvgIpc) is 2.59. The highest BCUT2D eigenvalue weighted by molar-refractivity contribution is 5.33. The van der Waals surface area contributed by atoms with Crippen LogP contribution in [-0.4, -0.2) is 13.2 Å². The fraction of sp³-hybridized carbons (Fsp3) is 0.550. The number of allylic oxidation sites excluding steroid dienone is 1. The fourth-order valence-electron chi connectivity index (χ4n) is 3.18. The summed E-state index contributed by atoms with van der Waals surface area (Å²) in [6.07, 6.45) is 11.6. The molecule has 2 nitrogen and oxygen atoms in total. The molecule has 1 aliphatic rings. The minimum Gasteiger partial charge on any atom is -0.381 e. The summed E-state index contributed by atoms with van der Waals surface area (Å²) in [4.78, 5) is 0. The smallest absolute Gasteiger partial charge is 0.0991 e. The van der Waals surface area contributed by atoms with Crippen LogP contribution in [0.4, 0.5) is 0 Å². The lowest BCUT2D eigenvalue weighted by molar-refractivity contribution is 0.0858. The molecule has 1 aromatic carbocycles. The molecule has 2 rings (SSSR count). The van der Waals surface area contributed by atoms with Gasteiger partial charge in [-0.1, -0.05) is 31.2 Å². The molecule has 1 aromatic rings. The average molecular weight is 297 g/mol. The molecule has 0 saturated heterocycles. The van der Waals surface area contributed by atoms with E-state index in [1.807, 2.05) is 12.1 Å². The Hall–Kier alpha value is -1.59. The van der Waals surface area contributed by atoms with Gasteiger partial charge in [-0.15, -0.1) is 0 Å². The first kappa shape index (κ1) is 16.8. The lowest BCUT2D eigenvalue weighted by atomic mass is 9.79. The van der Waals surface area contributed by atoms with E-state index < -0.39 is 0 Å². The Balaban J connectivity index is 1.67. The standard InChI is InChI=1S/C20H27NO/c1-2-3-4-5-14-22-16-18-8-12-20(13-9-18)19-10-6-17(15-21)7-11-19/h3-4,6-7,10-11,18,20H,2,5,8-9,12-14,16H2,1H3/b4-3+. The first-order chi connectivity index (χ1) is 10.8. The predicted molar refractivity (Wildman–Crippen MR) is 90.7 cm³/mol. The van der Waals surface area contributed by atoms with Gasteiger partial charge in [-0.2, -0.15) is 5.26 Å². The summed E-state index contributed by atoms with van der Waals surface area (Å²) in [5.74, 6) is 1.39. The van der Waals surface area contributed by atoms with E-state index >= 15 is 0 Å². The Bertz CT molecular complexity index is 489. The highest BCUT2D eigenvalue weighted by atomic mass is 16.5. The van der Waals surface area contributed by atoms with Crippen LogP contribution in [0.15, 0.2) is 36.4 Å². The van der Waals surface area contributed by atoms with Crippen LogP contribution >= 0.6 is 0 Å². The Morgan fingerprint density at radius 2 is 1.86 bits per heavy atom. The second-order valence-corrected chi connectivity index (χ2v) is 6.19. The van der Waals surface area contributed by atoms with E-state index in [0.717, 1.165) is 37.5 Å². The van der Waals surface area contributed by atoms with Crippen molar-refractivity contribution in [3.8, 4) is 6.07 Å². The quantitative estimate of drug-likeness (QED) is 0.511. The molecular formula is C20H27NO. The monoisotopic (exact) mass is 297 g/mol. The molecule has 0 radical (unpaired) electrons. The molecule has 2 heteroatoms. The number of nitrogens with zero attached hydrogens (tertiary/aromatic N) is 1. The number of nitriles is 1. The molecule has 1 fully saturated rings. The molecule has 0 atom stereocenters. The number of ether oxygens (including phenoxy) is 1. The van der Waals surface area contributed by atoms with Crippen molar-refractivity contribution in [3.05, 3.63) is 47.5 Å². The van der Waals surface area contributed by atoms with Crippen molar-refractivity contribution in [2.75, 3.05) is 13.2 Å². The van der Waals surface area contributed by atoms with Gasteiger partial charge in [0.1, 0.15) is 0 Å². The van der Waals surface area contributed by atoms with E-state index in [4.69, 9.17) is 10.00 Å². The van der Waals surface area contributed by atoms with Gasteiger partial charge in [-0.3, -0.25) is 0 Å². The van der Waals surface area contributed by atoms with Crippen LogP contribution in [-0.2, 0) is 4.74 Å². The van der Waals surface area contributed by atoms with Gasteiger partial charge in [0.2, 0.25) is 0 Å². The van der Waals surface area contributed by atoms with Gasteiger partial charge in [0.15, 0.2) is 0 Å². The van der Waals surface area contributed by atoms with E-state index in [1.54, 1.807) is 0 Å². The molecule has 118 valence electrons. The summed E-state index contributed by atoms with van der Waals surface area (Å²) in [6, 6.07) is 10.3. The third-order valence-electron chi connectivity index (χ3n) is 4.54. The Morgan fingerprint density at radius 3 is 2.50 bits per heavy atom. The van der Waals surface area contributed by atoms with Crippen LogP contribution in [0.3, 0.4) is 0 Å².